The average molecular weight is 403 g/mol. The molecule has 1 aliphatic rings. The molecule has 29 heavy (non-hydrogen) atoms. The number of amides is 2. The molecule has 2 amide bonds. The summed E-state index contributed by atoms with van der Waals surface area (Å²) >= 11 is 0. The fourth-order valence-corrected chi connectivity index (χ4v) is 4.39. The molecule has 0 aliphatic heterocycles. The monoisotopic (exact) mass is 402 g/mol. The van der Waals surface area contributed by atoms with Crippen LogP contribution in [0.4, 0.5) is 5.69 Å². The first kappa shape index (κ1) is 23.4. The van der Waals surface area contributed by atoms with Gasteiger partial charge in [-0.15, -0.1) is 0 Å². The van der Waals surface area contributed by atoms with E-state index in [0.29, 0.717) is 12.0 Å². The quantitative estimate of drug-likeness (QED) is 0.626. The first-order chi connectivity index (χ1) is 13.6. The summed E-state index contributed by atoms with van der Waals surface area (Å²) in [5.74, 6) is 0.734. The Labute approximate surface area is 176 Å². The van der Waals surface area contributed by atoms with E-state index in [-0.39, 0.29) is 24.4 Å². The molecule has 0 spiro atoms. The Hall–Kier alpha value is -1.88. The Morgan fingerprint density at radius 2 is 1.59 bits per heavy atom. The standard InChI is InChI=1S/C24H39N3O2/c1-7-24(4,5)19-11-13-20(14-12-19)25-21(28)15-27(6)16-22(29)26-23-17(2)9-8-10-18(23)3/h8-10,19-20H,7,11-16H2,1-6H3,(H,25,28)(H,26,29)/p+1. The van der Waals surface area contributed by atoms with Crippen LogP contribution < -0.4 is 15.5 Å². The molecule has 0 heterocycles. The number of carbonyl (C=O) groups is 2. The molecular formula is C24H40N3O2+. The van der Waals surface area contributed by atoms with Gasteiger partial charge < -0.3 is 15.5 Å². The maximum atomic E-state index is 12.4. The van der Waals surface area contributed by atoms with Crippen molar-refractivity contribution in [2.24, 2.45) is 11.3 Å². The van der Waals surface area contributed by atoms with E-state index in [1.165, 1.54) is 19.3 Å². The molecule has 0 bridgehead atoms. The number of rotatable bonds is 8. The number of likely N-dealkylation sites (N-methyl/N-ethyl adjacent to an activating group) is 1. The van der Waals surface area contributed by atoms with Crippen molar-refractivity contribution in [1.29, 1.82) is 0 Å². The molecule has 1 aromatic carbocycles. The average Bonchev–Trinajstić information content (AvgIpc) is 2.65. The van der Waals surface area contributed by atoms with Crippen LogP contribution in [-0.2, 0) is 9.59 Å². The van der Waals surface area contributed by atoms with Crippen LogP contribution in [0.3, 0.4) is 0 Å². The van der Waals surface area contributed by atoms with E-state index >= 15 is 0 Å². The van der Waals surface area contributed by atoms with Gasteiger partial charge in [0.25, 0.3) is 11.8 Å². The molecule has 1 saturated carbocycles. The summed E-state index contributed by atoms with van der Waals surface area (Å²) in [5.41, 5.74) is 3.37. The van der Waals surface area contributed by atoms with Crippen LogP contribution in [-0.4, -0.2) is 38.0 Å². The lowest BCUT2D eigenvalue weighted by molar-refractivity contribution is -0.862. The minimum Gasteiger partial charge on any atom is -0.348 e. The number of aryl methyl sites for hydroxylation is 2. The van der Waals surface area contributed by atoms with Crippen molar-refractivity contribution in [1.82, 2.24) is 5.32 Å². The van der Waals surface area contributed by atoms with Crippen molar-refractivity contribution in [3.8, 4) is 0 Å². The van der Waals surface area contributed by atoms with Crippen LogP contribution in [0.2, 0.25) is 0 Å². The Bertz CT molecular complexity index is 686. The van der Waals surface area contributed by atoms with E-state index in [4.69, 9.17) is 0 Å². The third-order valence-corrected chi connectivity index (χ3v) is 6.78. The number of para-hydroxylation sites is 1. The van der Waals surface area contributed by atoms with E-state index in [1.54, 1.807) is 0 Å². The molecule has 3 N–H and O–H groups in total. The smallest absolute Gasteiger partial charge is 0.279 e. The normalized spacial score (nSPS) is 20.8. The van der Waals surface area contributed by atoms with Crippen molar-refractivity contribution in [3.63, 3.8) is 0 Å². The van der Waals surface area contributed by atoms with E-state index in [1.807, 2.05) is 39.1 Å². The molecule has 1 unspecified atom stereocenters. The van der Waals surface area contributed by atoms with Gasteiger partial charge >= 0.3 is 0 Å². The Balaban J connectivity index is 1.74. The predicted octanol–water partition coefficient (Wildman–Crippen LogP) is 2.87. The van der Waals surface area contributed by atoms with Crippen LogP contribution in [0.1, 0.15) is 64.0 Å². The third kappa shape index (κ3) is 6.84. The van der Waals surface area contributed by atoms with Gasteiger partial charge in [0.1, 0.15) is 0 Å². The van der Waals surface area contributed by atoms with Crippen LogP contribution in [0.15, 0.2) is 18.2 Å². The van der Waals surface area contributed by atoms with Crippen molar-refractivity contribution in [3.05, 3.63) is 29.3 Å². The van der Waals surface area contributed by atoms with E-state index in [0.717, 1.165) is 40.5 Å². The zero-order chi connectivity index (χ0) is 21.6. The zero-order valence-electron chi connectivity index (χ0n) is 19.2. The fourth-order valence-electron chi connectivity index (χ4n) is 4.39. The second kappa shape index (κ2) is 10.2. The highest BCUT2D eigenvalue weighted by Crippen LogP contribution is 2.40. The second-order valence-electron chi connectivity index (χ2n) is 9.58. The van der Waals surface area contributed by atoms with E-state index < -0.39 is 0 Å². The number of hydrogen-bond donors (Lipinski definition) is 3. The number of quaternary nitrogens is 1. The molecule has 2 rings (SSSR count). The van der Waals surface area contributed by atoms with E-state index in [2.05, 4.69) is 31.4 Å². The Morgan fingerprint density at radius 1 is 1.03 bits per heavy atom. The van der Waals surface area contributed by atoms with Crippen molar-refractivity contribution >= 4 is 17.5 Å². The molecule has 0 saturated heterocycles. The lowest BCUT2D eigenvalue weighted by Crippen LogP contribution is -3.11. The van der Waals surface area contributed by atoms with Crippen LogP contribution >= 0.6 is 0 Å². The third-order valence-electron chi connectivity index (χ3n) is 6.78. The van der Waals surface area contributed by atoms with Crippen molar-refractivity contribution in [2.45, 2.75) is 72.8 Å². The van der Waals surface area contributed by atoms with Gasteiger partial charge in [-0.25, -0.2) is 0 Å². The van der Waals surface area contributed by atoms with Crippen molar-refractivity contribution in [2.75, 3.05) is 25.5 Å². The number of carbonyl (C=O) groups excluding carboxylic acids is 2. The molecule has 5 heteroatoms. The largest absolute Gasteiger partial charge is 0.348 e. The fraction of sp³-hybridized carbons (Fsp3) is 0.667. The number of hydrogen-bond acceptors (Lipinski definition) is 2. The molecule has 1 aliphatic carbocycles. The summed E-state index contributed by atoms with van der Waals surface area (Å²) in [4.78, 5) is 25.7. The van der Waals surface area contributed by atoms with Gasteiger partial charge in [-0.3, -0.25) is 9.59 Å². The van der Waals surface area contributed by atoms with Gasteiger partial charge in [0.05, 0.1) is 7.05 Å². The van der Waals surface area contributed by atoms with Gasteiger partial charge in [-0.1, -0.05) is 45.4 Å². The maximum Gasteiger partial charge on any atom is 0.279 e. The highest BCUT2D eigenvalue weighted by molar-refractivity contribution is 5.93. The van der Waals surface area contributed by atoms with Gasteiger partial charge in [0.15, 0.2) is 13.1 Å². The summed E-state index contributed by atoms with van der Waals surface area (Å²) in [6.07, 6.45) is 5.70. The van der Waals surface area contributed by atoms with Crippen molar-refractivity contribution < 1.29 is 14.5 Å². The molecule has 162 valence electrons. The number of nitrogens with one attached hydrogen (secondary N) is 3. The molecule has 5 nitrogen and oxygen atoms in total. The van der Waals surface area contributed by atoms with E-state index in [9.17, 15) is 9.59 Å². The second-order valence-corrected chi connectivity index (χ2v) is 9.58. The minimum absolute atomic E-state index is 0.0422. The summed E-state index contributed by atoms with van der Waals surface area (Å²) < 4.78 is 0. The lowest BCUT2D eigenvalue weighted by atomic mass is 9.69. The SMILES string of the molecule is CCC(C)(C)C1CCC(NC(=O)C[NH+](C)CC(=O)Nc2c(C)cccc2C)CC1. The summed E-state index contributed by atoms with van der Waals surface area (Å²) in [6, 6.07) is 6.24. The summed E-state index contributed by atoms with van der Waals surface area (Å²) in [7, 11) is 1.89. The van der Waals surface area contributed by atoms with Gasteiger partial charge in [0.2, 0.25) is 0 Å². The van der Waals surface area contributed by atoms with Crippen LogP contribution in [0, 0.1) is 25.2 Å². The van der Waals surface area contributed by atoms with Gasteiger partial charge in [-0.2, -0.15) is 0 Å². The van der Waals surface area contributed by atoms with Gasteiger partial charge in [0, 0.05) is 11.7 Å². The number of anilines is 1. The maximum absolute atomic E-state index is 12.4. The first-order valence-corrected chi connectivity index (χ1v) is 11.1. The zero-order valence-corrected chi connectivity index (χ0v) is 19.2. The summed E-state index contributed by atoms with van der Waals surface area (Å²) in [6.45, 7) is 11.6. The first-order valence-electron chi connectivity index (χ1n) is 11.1. The Kier molecular flexibility index (Phi) is 8.26. The topological polar surface area (TPSA) is 62.6 Å². The lowest BCUT2D eigenvalue weighted by Gasteiger charge is -2.39. The Morgan fingerprint density at radius 3 is 2.14 bits per heavy atom. The van der Waals surface area contributed by atoms with Crippen LogP contribution in [0.25, 0.3) is 0 Å². The number of benzene rings is 1. The highest BCUT2D eigenvalue weighted by Gasteiger charge is 2.32. The highest BCUT2D eigenvalue weighted by atomic mass is 16.2. The molecule has 0 radical (unpaired) electrons. The minimum atomic E-state index is -0.0602. The van der Waals surface area contributed by atoms with Crippen LogP contribution in [0.5, 0.6) is 0 Å². The summed E-state index contributed by atoms with van der Waals surface area (Å²) in [5, 5.41) is 6.19. The molecule has 1 atom stereocenters. The van der Waals surface area contributed by atoms with Gasteiger partial charge in [-0.05, 0) is 62.0 Å². The predicted molar refractivity (Wildman–Crippen MR) is 119 cm³/mol. The molecule has 1 fully saturated rings. The molecular weight excluding hydrogens is 362 g/mol. The molecule has 0 aromatic heterocycles. The molecule has 1 aromatic rings.